The molecule has 0 saturated carbocycles. The maximum Gasteiger partial charge on any atom is 0.231 e. The first-order valence-electron chi connectivity index (χ1n) is 8.01. The first-order valence-corrected chi connectivity index (χ1v) is 8.01. The Balaban J connectivity index is 1.85. The monoisotopic (exact) mass is 323 g/mol. The Labute approximate surface area is 141 Å². The summed E-state index contributed by atoms with van der Waals surface area (Å²) >= 11 is 0. The van der Waals surface area contributed by atoms with Crippen molar-refractivity contribution >= 4 is 17.6 Å². The first-order chi connectivity index (χ1) is 11.5. The van der Waals surface area contributed by atoms with E-state index in [1.165, 1.54) is 0 Å². The molecule has 0 radical (unpaired) electrons. The summed E-state index contributed by atoms with van der Waals surface area (Å²) in [4.78, 5) is 30.7. The highest BCUT2D eigenvalue weighted by Gasteiger charge is 2.42. The molecule has 1 fully saturated rings. The van der Waals surface area contributed by atoms with Crippen LogP contribution >= 0.6 is 0 Å². The second-order valence-corrected chi connectivity index (χ2v) is 6.38. The molecule has 2 atom stereocenters. The number of amides is 2. The van der Waals surface area contributed by atoms with Crippen molar-refractivity contribution in [1.82, 2.24) is 9.88 Å². The van der Waals surface area contributed by atoms with E-state index in [0.29, 0.717) is 5.82 Å². The van der Waals surface area contributed by atoms with Crippen LogP contribution in [0.3, 0.4) is 0 Å². The molecule has 2 aromatic rings. The molecule has 1 aliphatic heterocycles. The van der Waals surface area contributed by atoms with Crippen LogP contribution in [0.5, 0.6) is 0 Å². The van der Waals surface area contributed by atoms with Crippen LogP contribution in [0.2, 0.25) is 0 Å². The molecule has 1 N–H and O–H groups in total. The van der Waals surface area contributed by atoms with Crippen molar-refractivity contribution in [3.63, 3.8) is 0 Å². The van der Waals surface area contributed by atoms with E-state index in [-0.39, 0.29) is 24.3 Å². The van der Waals surface area contributed by atoms with Gasteiger partial charge in [-0.2, -0.15) is 0 Å². The molecule has 1 saturated heterocycles. The molecule has 5 heteroatoms. The summed E-state index contributed by atoms with van der Waals surface area (Å²) in [5.41, 5.74) is 3.15. The van der Waals surface area contributed by atoms with E-state index in [4.69, 9.17) is 0 Å². The van der Waals surface area contributed by atoms with Crippen molar-refractivity contribution in [1.29, 1.82) is 0 Å². The second kappa shape index (κ2) is 6.43. The molecule has 2 heterocycles. The van der Waals surface area contributed by atoms with E-state index in [1.807, 2.05) is 50.2 Å². The van der Waals surface area contributed by atoms with Gasteiger partial charge in [0.2, 0.25) is 11.8 Å². The minimum absolute atomic E-state index is 0.0158. The number of carbonyl (C=O) groups excluding carboxylic acids is 2. The van der Waals surface area contributed by atoms with Crippen molar-refractivity contribution in [2.45, 2.75) is 26.3 Å². The molecule has 5 nitrogen and oxygen atoms in total. The van der Waals surface area contributed by atoms with Gasteiger partial charge in [-0.25, -0.2) is 4.98 Å². The molecule has 1 aromatic heterocycles. The molecule has 1 aromatic carbocycles. The van der Waals surface area contributed by atoms with E-state index in [1.54, 1.807) is 18.1 Å². The number of anilines is 1. The maximum absolute atomic E-state index is 12.7. The molecule has 0 bridgehead atoms. The van der Waals surface area contributed by atoms with Gasteiger partial charge in [-0.05, 0) is 37.1 Å². The minimum atomic E-state index is -0.424. The number of nitrogens with one attached hydrogen (secondary N) is 1. The summed E-state index contributed by atoms with van der Waals surface area (Å²) in [6.07, 6.45) is 1.88. The third-order valence-electron chi connectivity index (χ3n) is 4.51. The Bertz CT molecular complexity index is 770. The van der Waals surface area contributed by atoms with Crippen LogP contribution in [0.25, 0.3) is 0 Å². The Hall–Kier alpha value is -2.69. The van der Waals surface area contributed by atoms with Crippen molar-refractivity contribution in [3.8, 4) is 0 Å². The predicted molar refractivity (Wildman–Crippen MR) is 92.4 cm³/mol. The average molecular weight is 323 g/mol. The van der Waals surface area contributed by atoms with Gasteiger partial charge in [-0.3, -0.25) is 9.59 Å². The third kappa shape index (κ3) is 3.15. The molecule has 0 aliphatic carbocycles. The highest BCUT2D eigenvalue weighted by Crippen LogP contribution is 2.37. The number of benzene rings is 1. The van der Waals surface area contributed by atoms with Gasteiger partial charge in [0.05, 0.1) is 12.0 Å². The molecular formula is C19H21N3O2. The number of aromatic nitrogens is 1. The zero-order valence-corrected chi connectivity index (χ0v) is 14.1. The van der Waals surface area contributed by atoms with Gasteiger partial charge in [-0.1, -0.05) is 29.8 Å². The number of aryl methyl sites for hydroxylation is 2. The van der Waals surface area contributed by atoms with Gasteiger partial charge < -0.3 is 10.2 Å². The average Bonchev–Trinajstić information content (AvgIpc) is 2.84. The fourth-order valence-electron chi connectivity index (χ4n) is 3.15. The Morgan fingerprint density at radius 3 is 2.54 bits per heavy atom. The van der Waals surface area contributed by atoms with E-state index < -0.39 is 5.92 Å². The standard InChI is InChI=1S/C19H21N3O2/c1-12-4-6-14(7-5-12)18-15(11-17(23)22(18)3)19(24)21-16-10-13(2)8-9-20-16/h4-10,15,18H,11H2,1-3H3,(H,20,21,24)/t15-,18-/m1/s1. The number of carbonyl (C=O) groups is 2. The number of pyridine rings is 1. The van der Waals surface area contributed by atoms with E-state index >= 15 is 0 Å². The molecule has 1 aliphatic rings. The van der Waals surface area contributed by atoms with Crippen molar-refractivity contribution < 1.29 is 9.59 Å². The summed E-state index contributed by atoms with van der Waals surface area (Å²) < 4.78 is 0. The molecule has 0 unspecified atom stereocenters. The number of hydrogen-bond acceptors (Lipinski definition) is 3. The lowest BCUT2D eigenvalue weighted by molar-refractivity contribution is -0.127. The minimum Gasteiger partial charge on any atom is -0.338 e. The van der Waals surface area contributed by atoms with Crippen LogP contribution in [-0.4, -0.2) is 28.7 Å². The Morgan fingerprint density at radius 2 is 1.88 bits per heavy atom. The van der Waals surface area contributed by atoms with Crippen LogP contribution in [0.4, 0.5) is 5.82 Å². The topological polar surface area (TPSA) is 62.3 Å². The lowest BCUT2D eigenvalue weighted by atomic mass is 9.92. The van der Waals surface area contributed by atoms with Crippen LogP contribution in [0.15, 0.2) is 42.6 Å². The van der Waals surface area contributed by atoms with Crippen LogP contribution in [0.1, 0.15) is 29.2 Å². The van der Waals surface area contributed by atoms with Crippen LogP contribution in [0, 0.1) is 19.8 Å². The van der Waals surface area contributed by atoms with Gasteiger partial charge >= 0.3 is 0 Å². The highest BCUT2D eigenvalue weighted by molar-refractivity contribution is 5.97. The second-order valence-electron chi connectivity index (χ2n) is 6.38. The van der Waals surface area contributed by atoms with E-state index in [2.05, 4.69) is 10.3 Å². The number of rotatable bonds is 3. The fraction of sp³-hybridized carbons (Fsp3) is 0.316. The van der Waals surface area contributed by atoms with Gasteiger partial charge in [-0.15, -0.1) is 0 Å². The summed E-state index contributed by atoms with van der Waals surface area (Å²) in [7, 11) is 1.76. The van der Waals surface area contributed by atoms with E-state index in [0.717, 1.165) is 16.7 Å². The number of nitrogens with zero attached hydrogens (tertiary/aromatic N) is 2. The quantitative estimate of drug-likeness (QED) is 0.945. The smallest absolute Gasteiger partial charge is 0.231 e. The van der Waals surface area contributed by atoms with Crippen molar-refractivity contribution in [3.05, 3.63) is 59.3 Å². The van der Waals surface area contributed by atoms with Gasteiger partial charge in [0, 0.05) is 19.7 Å². The summed E-state index contributed by atoms with van der Waals surface area (Å²) in [6.45, 7) is 3.96. The number of likely N-dealkylation sites (tertiary alicyclic amines) is 1. The van der Waals surface area contributed by atoms with Crippen LogP contribution in [-0.2, 0) is 9.59 Å². The maximum atomic E-state index is 12.7. The van der Waals surface area contributed by atoms with Gasteiger partial charge in [0.25, 0.3) is 0 Å². The first kappa shape index (κ1) is 16.2. The van der Waals surface area contributed by atoms with Gasteiger partial charge in [0.1, 0.15) is 5.82 Å². The highest BCUT2D eigenvalue weighted by atomic mass is 16.2. The Kier molecular flexibility index (Phi) is 4.34. The zero-order chi connectivity index (χ0) is 17.3. The fourth-order valence-corrected chi connectivity index (χ4v) is 3.15. The summed E-state index contributed by atoms with van der Waals surface area (Å²) in [6, 6.07) is 11.4. The predicted octanol–water partition coefficient (Wildman–Crippen LogP) is 2.86. The Morgan fingerprint density at radius 1 is 1.17 bits per heavy atom. The van der Waals surface area contributed by atoms with Crippen molar-refractivity contribution in [2.75, 3.05) is 12.4 Å². The molecular weight excluding hydrogens is 302 g/mol. The van der Waals surface area contributed by atoms with Crippen molar-refractivity contribution in [2.24, 2.45) is 5.92 Å². The number of hydrogen-bond donors (Lipinski definition) is 1. The SMILES string of the molecule is Cc1ccc([C@@H]2[C@H](C(=O)Nc3cc(C)ccn3)CC(=O)N2C)cc1. The molecule has 3 rings (SSSR count). The summed E-state index contributed by atoms with van der Waals surface area (Å²) in [5.74, 6) is -0.0912. The van der Waals surface area contributed by atoms with Gasteiger partial charge in [0.15, 0.2) is 0 Å². The third-order valence-corrected chi connectivity index (χ3v) is 4.51. The summed E-state index contributed by atoms with van der Waals surface area (Å²) in [5, 5.41) is 2.85. The molecule has 0 spiro atoms. The molecule has 2 amide bonds. The normalized spacial score (nSPS) is 20.3. The van der Waals surface area contributed by atoms with Crippen LogP contribution < -0.4 is 5.32 Å². The zero-order valence-electron chi connectivity index (χ0n) is 14.1. The molecule has 124 valence electrons. The lowest BCUT2D eigenvalue weighted by Crippen LogP contribution is -2.30. The largest absolute Gasteiger partial charge is 0.338 e. The molecule has 24 heavy (non-hydrogen) atoms. The van der Waals surface area contributed by atoms with E-state index in [9.17, 15) is 9.59 Å². The lowest BCUT2D eigenvalue weighted by Gasteiger charge is -2.25.